The topological polar surface area (TPSA) is 73.2 Å². The molecule has 0 saturated heterocycles. The average Bonchev–Trinajstić information content (AvgIpc) is 2.68. The van der Waals surface area contributed by atoms with Gasteiger partial charge in [-0.1, -0.05) is 24.3 Å². The first-order valence-corrected chi connectivity index (χ1v) is 8.92. The van der Waals surface area contributed by atoms with E-state index in [2.05, 4.69) is 5.32 Å². The molecule has 8 heteroatoms. The van der Waals surface area contributed by atoms with Crippen LogP contribution < -0.4 is 10.2 Å². The summed E-state index contributed by atoms with van der Waals surface area (Å²) in [4.78, 5) is 26.1. The van der Waals surface area contributed by atoms with E-state index in [4.69, 9.17) is 5.26 Å². The Morgan fingerprint density at radius 1 is 1.10 bits per heavy atom. The van der Waals surface area contributed by atoms with Crippen molar-refractivity contribution < 1.29 is 22.8 Å². The summed E-state index contributed by atoms with van der Waals surface area (Å²) in [7, 11) is 0. The fraction of sp³-hybridized carbons (Fsp3) is 0.286. The molecule has 0 spiro atoms. The van der Waals surface area contributed by atoms with Gasteiger partial charge in [0.25, 0.3) is 0 Å². The van der Waals surface area contributed by atoms with Gasteiger partial charge in [0.1, 0.15) is 0 Å². The predicted molar refractivity (Wildman–Crippen MR) is 103 cm³/mol. The number of nitrogens with zero attached hydrogens (tertiary/aromatic N) is 2. The maximum atomic E-state index is 13.0. The van der Waals surface area contributed by atoms with Gasteiger partial charge in [0, 0.05) is 30.8 Å². The third-order valence-electron chi connectivity index (χ3n) is 4.21. The fourth-order valence-electron chi connectivity index (χ4n) is 2.75. The van der Waals surface area contributed by atoms with Crippen LogP contribution in [0.5, 0.6) is 0 Å². The molecule has 0 fully saturated rings. The van der Waals surface area contributed by atoms with Crippen molar-refractivity contribution in [1.29, 1.82) is 5.26 Å². The summed E-state index contributed by atoms with van der Waals surface area (Å²) in [5.41, 5.74) is -0.133. The van der Waals surface area contributed by atoms with E-state index in [9.17, 15) is 22.8 Å². The number of hydrogen-bond acceptors (Lipinski definition) is 3. The van der Waals surface area contributed by atoms with Crippen molar-refractivity contribution in [2.24, 2.45) is 0 Å². The third-order valence-corrected chi connectivity index (χ3v) is 4.21. The van der Waals surface area contributed by atoms with Crippen molar-refractivity contribution in [3.8, 4) is 6.07 Å². The van der Waals surface area contributed by atoms with E-state index in [1.807, 2.05) is 6.07 Å². The minimum atomic E-state index is -4.52. The highest BCUT2D eigenvalue weighted by Crippen LogP contribution is 2.33. The Labute approximate surface area is 166 Å². The van der Waals surface area contributed by atoms with E-state index < -0.39 is 17.6 Å². The molecule has 2 aromatic rings. The highest BCUT2D eigenvalue weighted by molar-refractivity contribution is 5.98. The van der Waals surface area contributed by atoms with Gasteiger partial charge >= 0.3 is 6.18 Å². The van der Waals surface area contributed by atoms with Gasteiger partial charge < -0.3 is 10.2 Å². The van der Waals surface area contributed by atoms with Crippen molar-refractivity contribution >= 4 is 23.2 Å². The Hall–Kier alpha value is -3.34. The van der Waals surface area contributed by atoms with Crippen LogP contribution in [0.15, 0.2) is 48.5 Å². The predicted octanol–water partition coefficient (Wildman–Crippen LogP) is 4.68. The quantitative estimate of drug-likeness (QED) is 0.730. The summed E-state index contributed by atoms with van der Waals surface area (Å²) in [5.74, 6) is -0.912. The van der Waals surface area contributed by atoms with Crippen LogP contribution in [0.4, 0.5) is 24.5 Å². The van der Waals surface area contributed by atoms with Crippen molar-refractivity contribution in [1.82, 2.24) is 0 Å². The number of halogens is 3. The average molecular weight is 403 g/mol. The molecular formula is C21H20F3N3O2. The summed E-state index contributed by atoms with van der Waals surface area (Å²) in [6, 6.07) is 14.3. The van der Waals surface area contributed by atoms with Crippen LogP contribution in [0, 0.1) is 18.3 Å². The van der Waals surface area contributed by atoms with E-state index in [-0.39, 0.29) is 43.0 Å². The lowest BCUT2D eigenvalue weighted by Gasteiger charge is -2.21. The summed E-state index contributed by atoms with van der Waals surface area (Å²) < 4.78 is 39.0. The lowest BCUT2D eigenvalue weighted by molar-refractivity contribution is -0.138. The molecule has 0 atom stereocenters. The Balaban J connectivity index is 2.00. The Kier molecular flexibility index (Phi) is 7.37. The normalized spacial score (nSPS) is 10.9. The van der Waals surface area contributed by atoms with Crippen molar-refractivity contribution in [2.75, 3.05) is 16.8 Å². The second kappa shape index (κ2) is 9.73. The van der Waals surface area contributed by atoms with Crippen LogP contribution in [0.1, 0.15) is 30.4 Å². The van der Waals surface area contributed by atoms with Crippen LogP contribution in [-0.4, -0.2) is 18.4 Å². The van der Waals surface area contributed by atoms with Crippen molar-refractivity contribution in [3.63, 3.8) is 0 Å². The van der Waals surface area contributed by atoms with E-state index in [0.717, 1.165) is 6.07 Å². The van der Waals surface area contributed by atoms with Gasteiger partial charge in [-0.2, -0.15) is 18.4 Å². The Morgan fingerprint density at radius 2 is 1.79 bits per heavy atom. The number of carbonyl (C=O) groups excluding carboxylic acids is 2. The molecular weight excluding hydrogens is 383 g/mol. The molecule has 152 valence electrons. The van der Waals surface area contributed by atoms with Gasteiger partial charge in [-0.3, -0.25) is 9.59 Å². The summed E-state index contributed by atoms with van der Waals surface area (Å²) in [5, 5.41) is 11.2. The molecule has 0 heterocycles. The first kappa shape index (κ1) is 22.0. The zero-order valence-corrected chi connectivity index (χ0v) is 15.8. The lowest BCUT2D eigenvalue weighted by Crippen LogP contribution is -2.32. The molecule has 0 aromatic heterocycles. The lowest BCUT2D eigenvalue weighted by atomic mass is 10.1. The number of para-hydroxylation sites is 1. The SMILES string of the molecule is Cc1ccc(NC(=O)CCC(=O)N(CCC#N)c2ccccc2)cc1C(F)(F)F. The smallest absolute Gasteiger partial charge is 0.326 e. The van der Waals surface area contributed by atoms with Crippen LogP contribution in [-0.2, 0) is 15.8 Å². The second-order valence-electron chi connectivity index (χ2n) is 6.36. The number of anilines is 2. The van der Waals surface area contributed by atoms with Crippen molar-refractivity contribution in [3.05, 3.63) is 59.7 Å². The van der Waals surface area contributed by atoms with Gasteiger partial charge in [0.05, 0.1) is 18.1 Å². The fourth-order valence-corrected chi connectivity index (χ4v) is 2.75. The zero-order valence-electron chi connectivity index (χ0n) is 15.8. The molecule has 0 aliphatic rings. The minimum Gasteiger partial charge on any atom is -0.326 e. The number of carbonyl (C=O) groups is 2. The standard InChI is InChI=1S/C21H20F3N3O2/c1-15-8-9-16(14-18(15)21(22,23)24)26-19(28)10-11-20(29)27(13-5-12-25)17-6-3-2-4-7-17/h2-4,6-9,14H,5,10-11,13H2,1H3,(H,26,28). The number of nitrogens with one attached hydrogen (secondary N) is 1. The molecule has 2 amide bonds. The number of benzene rings is 2. The monoisotopic (exact) mass is 403 g/mol. The molecule has 0 aliphatic heterocycles. The molecule has 0 saturated carbocycles. The number of hydrogen-bond donors (Lipinski definition) is 1. The number of nitriles is 1. The molecule has 2 rings (SSSR count). The van der Waals surface area contributed by atoms with E-state index in [1.165, 1.54) is 24.0 Å². The highest BCUT2D eigenvalue weighted by Gasteiger charge is 2.32. The maximum absolute atomic E-state index is 13.0. The molecule has 2 aromatic carbocycles. The van der Waals surface area contributed by atoms with Crippen LogP contribution >= 0.6 is 0 Å². The van der Waals surface area contributed by atoms with Crippen LogP contribution in [0.25, 0.3) is 0 Å². The first-order valence-electron chi connectivity index (χ1n) is 8.92. The molecule has 0 radical (unpaired) electrons. The van der Waals surface area contributed by atoms with Gasteiger partial charge in [-0.25, -0.2) is 0 Å². The molecule has 0 aliphatic carbocycles. The van der Waals surface area contributed by atoms with Gasteiger partial charge in [0.2, 0.25) is 11.8 Å². The summed E-state index contributed by atoms with van der Waals surface area (Å²) in [6.45, 7) is 1.53. The molecule has 0 unspecified atom stereocenters. The van der Waals surface area contributed by atoms with E-state index in [1.54, 1.807) is 30.3 Å². The zero-order chi connectivity index (χ0) is 21.4. The number of aryl methyl sites for hydroxylation is 1. The number of alkyl halides is 3. The molecule has 1 N–H and O–H groups in total. The molecule has 29 heavy (non-hydrogen) atoms. The summed E-state index contributed by atoms with van der Waals surface area (Å²) >= 11 is 0. The number of amides is 2. The van der Waals surface area contributed by atoms with Crippen LogP contribution in [0.3, 0.4) is 0 Å². The maximum Gasteiger partial charge on any atom is 0.416 e. The molecule has 5 nitrogen and oxygen atoms in total. The summed E-state index contributed by atoms with van der Waals surface area (Å²) in [6.07, 6.45) is -4.71. The van der Waals surface area contributed by atoms with Gasteiger partial charge in [-0.05, 0) is 36.8 Å². The van der Waals surface area contributed by atoms with Gasteiger partial charge in [0.15, 0.2) is 0 Å². The Morgan fingerprint density at radius 3 is 2.41 bits per heavy atom. The second-order valence-corrected chi connectivity index (χ2v) is 6.36. The minimum absolute atomic E-state index is 0.0183. The van der Waals surface area contributed by atoms with Crippen LogP contribution in [0.2, 0.25) is 0 Å². The highest BCUT2D eigenvalue weighted by atomic mass is 19.4. The first-order chi connectivity index (χ1) is 13.7. The van der Waals surface area contributed by atoms with Gasteiger partial charge in [-0.15, -0.1) is 0 Å². The Bertz CT molecular complexity index is 906. The van der Waals surface area contributed by atoms with E-state index >= 15 is 0 Å². The number of rotatable bonds is 7. The van der Waals surface area contributed by atoms with E-state index in [0.29, 0.717) is 5.69 Å². The third kappa shape index (κ3) is 6.35. The largest absolute Gasteiger partial charge is 0.416 e. The van der Waals surface area contributed by atoms with Crippen molar-refractivity contribution in [2.45, 2.75) is 32.4 Å². The molecule has 0 bridgehead atoms.